The van der Waals surface area contributed by atoms with Crippen LogP contribution in [0.2, 0.25) is 5.02 Å². The zero-order valence-corrected chi connectivity index (χ0v) is 18.3. The number of hydrogen-bond donors (Lipinski definition) is 0. The normalized spacial score (nSPS) is 25.2. The van der Waals surface area contributed by atoms with E-state index in [0.717, 1.165) is 24.0 Å². The van der Waals surface area contributed by atoms with Crippen LogP contribution in [-0.2, 0) is 5.54 Å². The summed E-state index contributed by atoms with van der Waals surface area (Å²) in [5, 5.41) is 0.824. The third-order valence-corrected chi connectivity index (χ3v) is 6.94. The Bertz CT molecular complexity index is 626. The molecule has 2 saturated carbocycles. The fourth-order valence-corrected chi connectivity index (χ4v) is 5.19. The van der Waals surface area contributed by atoms with Crippen molar-refractivity contribution in [1.82, 2.24) is 9.80 Å². The van der Waals surface area contributed by atoms with Crippen molar-refractivity contribution in [1.29, 1.82) is 0 Å². The smallest absolute Gasteiger partial charge is 0.0465 e. The van der Waals surface area contributed by atoms with Crippen LogP contribution in [-0.4, -0.2) is 42.0 Å². The second-order valence-corrected chi connectivity index (χ2v) is 9.13. The first-order chi connectivity index (χ1) is 13.6. The Balaban J connectivity index is 1.84. The third-order valence-electron chi connectivity index (χ3n) is 6.69. The molecular weight excluding hydrogens is 364 g/mol. The van der Waals surface area contributed by atoms with E-state index in [1.54, 1.807) is 0 Å². The van der Waals surface area contributed by atoms with Gasteiger partial charge in [-0.3, -0.25) is 9.80 Å². The molecule has 0 atom stereocenters. The quantitative estimate of drug-likeness (QED) is 0.403. The highest BCUT2D eigenvalue weighted by Gasteiger charge is 2.43. The molecule has 2 fully saturated rings. The van der Waals surface area contributed by atoms with Gasteiger partial charge in [-0.05, 0) is 75.1 Å². The van der Waals surface area contributed by atoms with Crippen molar-refractivity contribution in [3.8, 4) is 0 Å². The summed E-state index contributed by atoms with van der Waals surface area (Å²) < 4.78 is 0. The number of hydrogen-bond acceptors (Lipinski definition) is 2. The Kier molecular flexibility index (Phi) is 7.79. The van der Waals surface area contributed by atoms with Gasteiger partial charge in [0.15, 0.2) is 0 Å². The molecule has 2 aliphatic carbocycles. The van der Waals surface area contributed by atoms with Gasteiger partial charge in [0, 0.05) is 36.2 Å². The van der Waals surface area contributed by atoms with Crippen LogP contribution in [0.25, 0.3) is 0 Å². The predicted molar refractivity (Wildman–Crippen MR) is 122 cm³/mol. The molecule has 0 amide bonds. The van der Waals surface area contributed by atoms with Gasteiger partial charge in [-0.15, -0.1) is 13.2 Å². The van der Waals surface area contributed by atoms with Gasteiger partial charge in [0.1, 0.15) is 0 Å². The van der Waals surface area contributed by atoms with Gasteiger partial charge in [-0.2, -0.15) is 0 Å². The molecule has 0 aliphatic heterocycles. The summed E-state index contributed by atoms with van der Waals surface area (Å²) in [5.74, 6) is 0.874. The minimum atomic E-state index is 0.115. The Morgan fingerprint density at radius 2 is 1.68 bits per heavy atom. The van der Waals surface area contributed by atoms with Crippen LogP contribution < -0.4 is 0 Å². The first-order valence-corrected chi connectivity index (χ1v) is 11.5. The highest BCUT2D eigenvalue weighted by molar-refractivity contribution is 6.30. The zero-order chi connectivity index (χ0) is 20.0. The fraction of sp³-hybridized carbons (Fsp3) is 0.600. The minimum Gasteiger partial charge on any atom is -0.297 e. The lowest BCUT2D eigenvalue weighted by atomic mass is 9.73. The van der Waals surface area contributed by atoms with Crippen molar-refractivity contribution in [2.45, 2.75) is 63.5 Å². The van der Waals surface area contributed by atoms with Crippen LogP contribution in [0.4, 0.5) is 0 Å². The van der Waals surface area contributed by atoms with Gasteiger partial charge in [0.05, 0.1) is 0 Å². The molecule has 1 aromatic rings. The van der Waals surface area contributed by atoms with Crippen molar-refractivity contribution in [3.05, 3.63) is 60.2 Å². The van der Waals surface area contributed by atoms with E-state index in [4.69, 9.17) is 11.6 Å². The van der Waals surface area contributed by atoms with E-state index < -0.39 is 0 Å². The second kappa shape index (κ2) is 10.1. The molecule has 0 bridgehead atoms. The van der Waals surface area contributed by atoms with Gasteiger partial charge >= 0.3 is 0 Å². The third kappa shape index (κ3) is 5.09. The van der Waals surface area contributed by atoms with Gasteiger partial charge in [-0.25, -0.2) is 0 Å². The number of benzene rings is 1. The van der Waals surface area contributed by atoms with E-state index in [1.807, 2.05) is 0 Å². The van der Waals surface area contributed by atoms with Crippen molar-refractivity contribution >= 4 is 11.6 Å². The lowest BCUT2D eigenvalue weighted by Crippen LogP contribution is -2.52. The molecule has 154 valence electrons. The molecule has 0 aromatic heterocycles. The topological polar surface area (TPSA) is 6.48 Å². The summed E-state index contributed by atoms with van der Waals surface area (Å²) in [6, 6.07) is 9.33. The van der Waals surface area contributed by atoms with Crippen molar-refractivity contribution < 1.29 is 0 Å². The van der Waals surface area contributed by atoms with E-state index in [1.165, 1.54) is 63.6 Å². The van der Waals surface area contributed by atoms with Crippen LogP contribution in [0.15, 0.2) is 49.6 Å². The summed E-state index contributed by atoms with van der Waals surface area (Å²) in [4.78, 5) is 5.37. The number of rotatable bonds is 11. The van der Waals surface area contributed by atoms with Crippen LogP contribution in [0, 0.1) is 5.92 Å². The molecular formula is C25H37ClN2. The molecule has 2 nitrogen and oxygen atoms in total. The summed E-state index contributed by atoms with van der Waals surface area (Å²) in [6.07, 6.45) is 13.0. The molecule has 2 aliphatic rings. The van der Waals surface area contributed by atoms with Gasteiger partial charge in [-0.1, -0.05) is 42.8 Å². The van der Waals surface area contributed by atoms with Crippen LogP contribution >= 0.6 is 11.6 Å². The Morgan fingerprint density at radius 1 is 1.04 bits per heavy atom. The lowest BCUT2D eigenvalue weighted by Gasteiger charge is -2.50. The second-order valence-electron chi connectivity index (χ2n) is 8.69. The molecule has 0 spiro atoms. The van der Waals surface area contributed by atoms with Gasteiger partial charge in [0.25, 0.3) is 0 Å². The fourth-order valence-electron chi connectivity index (χ4n) is 5.06. The summed E-state index contributed by atoms with van der Waals surface area (Å²) in [5.41, 5.74) is 1.55. The highest BCUT2D eigenvalue weighted by Crippen LogP contribution is 2.45. The first kappa shape index (κ1) is 21.6. The lowest BCUT2D eigenvalue weighted by molar-refractivity contribution is 0.0227. The SMILES string of the molecule is C=CCN(CCC)C1CCC(c2ccc(Cl)cc2)(N(CC=C)CC2CC2)CC1. The maximum Gasteiger partial charge on any atom is 0.0465 e. The van der Waals surface area contributed by atoms with Crippen molar-refractivity contribution in [3.63, 3.8) is 0 Å². The number of nitrogens with zero attached hydrogens (tertiary/aromatic N) is 2. The van der Waals surface area contributed by atoms with E-state index >= 15 is 0 Å². The van der Waals surface area contributed by atoms with Gasteiger partial charge < -0.3 is 0 Å². The standard InChI is InChI=1S/C25H37ClN2/c1-4-17-27(18-5-2)24-13-15-25(16-14-24,22-9-11-23(26)12-10-22)28(19-6-3)20-21-7-8-21/h4,6,9-12,21,24H,1,3,5,7-8,13-20H2,2H3. The first-order valence-electron chi connectivity index (χ1n) is 11.1. The Labute approximate surface area is 177 Å². The molecule has 0 radical (unpaired) electrons. The molecule has 0 saturated heterocycles. The predicted octanol–water partition coefficient (Wildman–Crippen LogP) is 6.27. The maximum atomic E-state index is 6.22. The molecule has 0 N–H and O–H groups in total. The molecule has 0 heterocycles. The van der Waals surface area contributed by atoms with E-state index in [2.05, 4.69) is 66.3 Å². The number of halogens is 1. The van der Waals surface area contributed by atoms with E-state index in [9.17, 15) is 0 Å². The molecule has 1 aromatic carbocycles. The van der Waals surface area contributed by atoms with E-state index in [-0.39, 0.29) is 5.54 Å². The Morgan fingerprint density at radius 3 is 2.21 bits per heavy atom. The van der Waals surface area contributed by atoms with Crippen molar-refractivity contribution in [2.75, 3.05) is 26.2 Å². The van der Waals surface area contributed by atoms with Crippen LogP contribution in [0.5, 0.6) is 0 Å². The summed E-state index contributed by atoms with van der Waals surface area (Å²) in [6.45, 7) is 14.7. The molecule has 0 unspecified atom stereocenters. The largest absolute Gasteiger partial charge is 0.297 e. The Hall–Kier alpha value is -1.09. The van der Waals surface area contributed by atoms with Crippen LogP contribution in [0.1, 0.15) is 57.4 Å². The highest BCUT2D eigenvalue weighted by atomic mass is 35.5. The van der Waals surface area contributed by atoms with E-state index in [0.29, 0.717) is 6.04 Å². The molecule has 28 heavy (non-hydrogen) atoms. The average Bonchev–Trinajstić information content (AvgIpc) is 3.52. The zero-order valence-electron chi connectivity index (χ0n) is 17.6. The summed E-state index contributed by atoms with van der Waals surface area (Å²) in [7, 11) is 0. The monoisotopic (exact) mass is 400 g/mol. The average molecular weight is 401 g/mol. The van der Waals surface area contributed by atoms with Crippen molar-refractivity contribution in [2.24, 2.45) is 5.92 Å². The van der Waals surface area contributed by atoms with Crippen LogP contribution in [0.3, 0.4) is 0 Å². The van der Waals surface area contributed by atoms with Gasteiger partial charge in [0.2, 0.25) is 0 Å². The minimum absolute atomic E-state index is 0.115. The molecule has 3 rings (SSSR count). The molecule has 3 heteroatoms. The summed E-state index contributed by atoms with van der Waals surface area (Å²) >= 11 is 6.22. The maximum absolute atomic E-state index is 6.22.